The van der Waals surface area contributed by atoms with Crippen LogP contribution in [0.15, 0.2) is 12.1 Å². The molecule has 1 fully saturated rings. The van der Waals surface area contributed by atoms with Gasteiger partial charge < -0.3 is 10.1 Å². The van der Waals surface area contributed by atoms with Gasteiger partial charge in [-0.2, -0.15) is 0 Å². The Balaban J connectivity index is 2.18. The van der Waals surface area contributed by atoms with E-state index >= 15 is 0 Å². The van der Waals surface area contributed by atoms with E-state index in [0.29, 0.717) is 0 Å². The number of hydrogen-bond acceptors (Lipinski definition) is 3. The molecule has 0 saturated carbocycles. The average molecular weight is 288 g/mol. The van der Waals surface area contributed by atoms with Crippen molar-refractivity contribution >= 4 is 22.9 Å². The van der Waals surface area contributed by atoms with Crippen LogP contribution >= 0.6 is 22.9 Å². The minimum absolute atomic E-state index is 0.0956. The molecular weight excluding hydrogens is 266 g/mol. The predicted molar refractivity (Wildman–Crippen MR) is 78.6 cm³/mol. The van der Waals surface area contributed by atoms with Crippen LogP contribution in [0.25, 0.3) is 0 Å². The molecule has 0 amide bonds. The summed E-state index contributed by atoms with van der Waals surface area (Å²) in [7, 11) is 0. The molecule has 2 heterocycles. The van der Waals surface area contributed by atoms with Crippen molar-refractivity contribution in [2.75, 3.05) is 13.2 Å². The Morgan fingerprint density at radius 3 is 2.89 bits per heavy atom. The Kier molecular flexibility index (Phi) is 5.07. The number of hydrogen-bond donors (Lipinski definition) is 1. The maximum atomic E-state index is 6.09. The number of ether oxygens (including phenoxy) is 1. The van der Waals surface area contributed by atoms with Crippen LogP contribution < -0.4 is 5.32 Å². The second-order valence-corrected chi connectivity index (χ2v) is 6.89. The van der Waals surface area contributed by atoms with Crippen molar-refractivity contribution in [1.29, 1.82) is 0 Å². The van der Waals surface area contributed by atoms with E-state index in [2.05, 4.69) is 25.2 Å². The fraction of sp³-hybridized carbons (Fsp3) is 0.714. The van der Waals surface area contributed by atoms with Gasteiger partial charge in [0.1, 0.15) is 0 Å². The topological polar surface area (TPSA) is 21.3 Å². The lowest BCUT2D eigenvalue weighted by Crippen LogP contribution is -2.45. The van der Waals surface area contributed by atoms with E-state index in [-0.39, 0.29) is 11.6 Å². The number of thiophene rings is 1. The van der Waals surface area contributed by atoms with Crippen LogP contribution in [0.2, 0.25) is 4.34 Å². The van der Waals surface area contributed by atoms with Crippen molar-refractivity contribution in [3.8, 4) is 0 Å². The molecule has 4 heteroatoms. The van der Waals surface area contributed by atoms with E-state index in [9.17, 15) is 0 Å². The van der Waals surface area contributed by atoms with Crippen LogP contribution in [0, 0.1) is 0 Å². The van der Waals surface area contributed by atoms with Gasteiger partial charge in [-0.1, -0.05) is 18.5 Å². The van der Waals surface area contributed by atoms with E-state index in [1.54, 1.807) is 11.3 Å². The largest absolute Gasteiger partial charge is 0.373 e. The molecule has 1 aromatic heterocycles. The molecule has 1 saturated heterocycles. The minimum atomic E-state index is -0.0956. The van der Waals surface area contributed by atoms with Gasteiger partial charge in [0.05, 0.1) is 16.0 Å². The number of halogens is 1. The van der Waals surface area contributed by atoms with Gasteiger partial charge in [-0.3, -0.25) is 0 Å². The van der Waals surface area contributed by atoms with Crippen LogP contribution in [0.5, 0.6) is 0 Å². The van der Waals surface area contributed by atoms with E-state index in [1.807, 2.05) is 6.07 Å². The molecule has 0 aromatic carbocycles. The van der Waals surface area contributed by atoms with Crippen molar-refractivity contribution in [3.05, 3.63) is 21.3 Å². The van der Waals surface area contributed by atoms with E-state index in [4.69, 9.17) is 16.3 Å². The zero-order valence-corrected chi connectivity index (χ0v) is 12.7. The van der Waals surface area contributed by atoms with Crippen LogP contribution in [0.4, 0.5) is 0 Å². The van der Waals surface area contributed by atoms with E-state index < -0.39 is 0 Å². The molecule has 1 aliphatic heterocycles. The van der Waals surface area contributed by atoms with Crippen molar-refractivity contribution in [2.45, 2.75) is 51.2 Å². The smallest absolute Gasteiger partial charge is 0.0931 e. The van der Waals surface area contributed by atoms with Gasteiger partial charge in [-0.05, 0) is 51.3 Å². The van der Waals surface area contributed by atoms with Crippen LogP contribution in [-0.2, 0) is 4.74 Å². The summed E-state index contributed by atoms with van der Waals surface area (Å²) in [6.45, 7) is 6.31. The summed E-state index contributed by atoms with van der Waals surface area (Å²) in [5.41, 5.74) is -0.0956. The summed E-state index contributed by atoms with van der Waals surface area (Å²) in [6.07, 6.45) is 4.68. The van der Waals surface area contributed by atoms with E-state index in [0.717, 1.165) is 30.3 Å². The summed E-state index contributed by atoms with van der Waals surface area (Å²) in [5, 5.41) is 3.64. The van der Waals surface area contributed by atoms with Crippen molar-refractivity contribution in [1.82, 2.24) is 5.32 Å². The monoisotopic (exact) mass is 287 g/mol. The summed E-state index contributed by atoms with van der Waals surface area (Å²) in [4.78, 5) is 1.29. The maximum Gasteiger partial charge on any atom is 0.0931 e. The minimum Gasteiger partial charge on any atom is -0.373 e. The van der Waals surface area contributed by atoms with Crippen LogP contribution in [-0.4, -0.2) is 18.8 Å². The highest BCUT2D eigenvalue weighted by Gasteiger charge is 2.38. The molecule has 1 aliphatic rings. The fourth-order valence-corrected chi connectivity index (χ4v) is 3.85. The summed E-state index contributed by atoms with van der Waals surface area (Å²) in [6, 6.07) is 4.37. The van der Waals surface area contributed by atoms with Gasteiger partial charge >= 0.3 is 0 Å². The predicted octanol–water partition coefficient (Wildman–Crippen LogP) is 4.40. The third-order valence-electron chi connectivity index (χ3n) is 3.59. The lowest BCUT2D eigenvalue weighted by atomic mass is 9.87. The first-order chi connectivity index (χ1) is 8.65. The molecule has 1 aromatic rings. The highest BCUT2D eigenvalue weighted by molar-refractivity contribution is 7.16. The summed E-state index contributed by atoms with van der Waals surface area (Å²) >= 11 is 7.73. The fourth-order valence-electron chi connectivity index (χ4n) is 2.57. The third kappa shape index (κ3) is 3.27. The van der Waals surface area contributed by atoms with Crippen LogP contribution in [0.3, 0.4) is 0 Å². The molecule has 102 valence electrons. The Labute approximate surface area is 119 Å². The molecule has 2 atom stereocenters. The molecule has 0 bridgehead atoms. The third-order valence-corrected chi connectivity index (χ3v) is 4.88. The van der Waals surface area contributed by atoms with E-state index in [1.165, 1.54) is 17.7 Å². The molecule has 1 N–H and O–H groups in total. The summed E-state index contributed by atoms with van der Waals surface area (Å²) in [5.74, 6) is 0. The Morgan fingerprint density at radius 1 is 1.50 bits per heavy atom. The van der Waals surface area contributed by atoms with Crippen molar-refractivity contribution < 1.29 is 4.74 Å². The Hall–Kier alpha value is -0.0900. The van der Waals surface area contributed by atoms with Crippen molar-refractivity contribution in [2.24, 2.45) is 0 Å². The van der Waals surface area contributed by atoms with Gasteiger partial charge in [0.2, 0.25) is 0 Å². The molecule has 0 radical (unpaired) electrons. The molecule has 2 unspecified atom stereocenters. The first-order valence-corrected chi connectivity index (χ1v) is 7.98. The van der Waals surface area contributed by atoms with Gasteiger partial charge in [0.25, 0.3) is 0 Å². The van der Waals surface area contributed by atoms with Gasteiger partial charge in [0.15, 0.2) is 0 Å². The first-order valence-electron chi connectivity index (χ1n) is 6.78. The molecule has 18 heavy (non-hydrogen) atoms. The zero-order valence-electron chi connectivity index (χ0n) is 11.2. The van der Waals surface area contributed by atoms with Gasteiger partial charge in [-0.15, -0.1) is 11.3 Å². The average Bonchev–Trinajstić information content (AvgIpc) is 2.77. The normalized spacial score (nSPS) is 26.2. The number of rotatable bonds is 5. The lowest BCUT2D eigenvalue weighted by molar-refractivity contribution is -0.0890. The summed E-state index contributed by atoms with van der Waals surface area (Å²) < 4.78 is 6.94. The second-order valence-electron chi connectivity index (χ2n) is 5.15. The number of nitrogens with one attached hydrogen (secondary N) is 1. The zero-order chi connectivity index (χ0) is 13.0. The molecule has 2 nitrogen and oxygen atoms in total. The highest BCUT2D eigenvalue weighted by atomic mass is 35.5. The second kappa shape index (κ2) is 6.38. The lowest BCUT2D eigenvalue weighted by Gasteiger charge is -2.40. The van der Waals surface area contributed by atoms with Crippen molar-refractivity contribution in [3.63, 3.8) is 0 Å². The first kappa shape index (κ1) is 14.3. The maximum absolute atomic E-state index is 6.09. The quantitative estimate of drug-likeness (QED) is 0.866. The molecule has 0 aliphatic carbocycles. The highest BCUT2D eigenvalue weighted by Crippen LogP contribution is 2.39. The standard InChI is InChI=1S/C14H22ClNOS/c1-3-9-16-13(11-6-7-12(15)18-11)14(2)8-4-5-10-17-14/h6-7,13,16H,3-5,8-10H2,1-2H3. The molecular formula is C14H22ClNOS. The Morgan fingerprint density at radius 2 is 2.33 bits per heavy atom. The van der Waals surface area contributed by atoms with Gasteiger partial charge in [0, 0.05) is 11.5 Å². The van der Waals surface area contributed by atoms with Gasteiger partial charge in [-0.25, -0.2) is 0 Å². The molecule has 2 rings (SSSR count). The Bertz CT molecular complexity index is 374. The molecule has 0 spiro atoms. The SMILES string of the molecule is CCCNC(c1ccc(Cl)s1)C1(C)CCCCO1. The van der Waals surface area contributed by atoms with Crippen LogP contribution in [0.1, 0.15) is 50.4 Å².